The van der Waals surface area contributed by atoms with Crippen LogP contribution in [0, 0.1) is 0 Å². The number of rotatable bonds is 10. The lowest BCUT2D eigenvalue weighted by Crippen LogP contribution is -2.07. The summed E-state index contributed by atoms with van der Waals surface area (Å²) < 4.78 is 31.4. The maximum absolute atomic E-state index is 12.7. The molecule has 0 aliphatic heterocycles. The van der Waals surface area contributed by atoms with E-state index in [0.717, 1.165) is 33.2 Å². The van der Waals surface area contributed by atoms with Crippen LogP contribution in [-0.2, 0) is 4.79 Å². The number of benzene rings is 1. The Morgan fingerprint density at radius 3 is 2.45 bits per heavy atom. The molecule has 1 heterocycles. The van der Waals surface area contributed by atoms with Crippen LogP contribution in [0.3, 0.4) is 0 Å². The van der Waals surface area contributed by atoms with Gasteiger partial charge in [0.25, 0.3) is 0 Å². The van der Waals surface area contributed by atoms with E-state index >= 15 is 0 Å². The Hall–Kier alpha value is -2.47. The molecule has 6 heteroatoms. The van der Waals surface area contributed by atoms with Gasteiger partial charge in [0.05, 0.1) is 6.61 Å². The highest BCUT2D eigenvalue weighted by atomic mass is 32.1. The van der Waals surface area contributed by atoms with Crippen molar-refractivity contribution in [2.75, 3.05) is 6.61 Å². The molecule has 0 unspecified atom stereocenters. The molecule has 0 aliphatic rings. The van der Waals surface area contributed by atoms with Crippen molar-refractivity contribution in [3.8, 4) is 16.9 Å². The van der Waals surface area contributed by atoms with Gasteiger partial charge in [-0.15, -0.1) is 11.3 Å². The molecule has 168 valence electrons. The molecule has 0 atom stereocenters. The van der Waals surface area contributed by atoms with E-state index in [-0.39, 0.29) is 18.9 Å². The first kappa shape index (κ1) is 24.8. The quantitative estimate of drug-likeness (QED) is 0.299. The van der Waals surface area contributed by atoms with Gasteiger partial charge < -0.3 is 9.84 Å². The number of alkyl halides is 2. The minimum absolute atomic E-state index is 0.0544. The molecule has 31 heavy (non-hydrogen) atoms. The number of hydrogen-bond acceptors (Lipinski definition) is 3. The van der Waals surface area contributed by atoms with E-state index in [2.05, 4.69) is 39.8 Å². The number of halogens is 2. The SMILES string of the molecule is CC(C=Cc1sccc1-c1cc(C(C)C)cc(C(C)C)c1OCCC(F)F)=CC(=O)O. The van der Waals surface area contributed by atoms with Gasteiger partial charge in [-0.1, -0.05) is 39.8 Å². The number of carbonyl (C=O) groups is 1. The minimum atomic E-state index is -2.41. The summed E-state index contributed by atoms with van der Waals surface area (Å²) in [6, 6.07) is 6.18. The van der Waals surface area contributed by atoms with Crippen LogP contribution >= 0.6 is 11.3 Å². The predicted molar refractivity (Wildman–Crippen MR) is 124 cm³/mol. The van der Waals surface area contributed by atoms with Crippen LogP contribution in [0.5, 0.6) is 5.75 Å². The third kappa shape index (κ3) is 7.03. The van der Waals surface area contributed by atoms with E-state index in [0.29, 0.717) is 17.2 Å². The molecular weight excluding hydrogens is 418 g/mol. The number of carboxylic acids is 1. The number of hydrogen-bond donors (Lipinski definition) is 1. The average molecular weight is 449 g/mol. The van der Waals surface area contributed by atoms with Crippen molar-refractivity contribution < 1.29 is 23.4 Å². The summed E-state index contributed by atoms with van der Waals surface area (Å²) in [5.41, 5.74) is 4.60. The topological polar surface area (TPSA) is 46.5 Å². The minimum Gasteiger partial charge on any atom is -0.492 e. The van der Waals surface area contributed by atoms with Crippen molar-refractivity contribution in [3.63, 3.8) is 0 Å². The predicted octanol–water partition coefficient (Wildman–Crippen LogP) is 7.74. The first-order chi connectivity index (χ1) is 14.6. The highest BCUT2D eigenvalue weighted by Crippen LogP contribution is 2.42. The van der Waals surface area contributed by atoms with Crippen LogP contribution in [0.25, 0.3) is 17.2 Å². The molecule has 0 fully saturated rings. The van der Waals surface area contributed by atoms with E-state index < -0.39 is 12.4 Å². The summed E-state index contributed by atoms with van der Waals surface area (Å²) >= 11 is 1.53. The molecule has 0 radical (unpaired) electrons. The summed E-state index contributed by atoms with van der Waals surface area (Å²) in [4.78, 5) is 11.8. The van der Waals surface area contributed by atoms with E-state index in [1.807, 2.05) is 17.5 Å². The Labute approximate surface area is 187 Å². The normalized spacial score (nSPS) is 12.5. The third-order valence-electron chi connectivity index (χ3n) is 4.85. The molecule has 2 aromatic rings. The molecule has 0 saturated carbocycles. The zero-order valence-corrected chi connectivity index (χ0v) is 19.4. The van der Waals surface area contributed by atoms with Gasteiger partial charge in [0.15, 0.2) is 0 Å². The Balaban J connectivity index is 2.60. The van der Waals surface area contributed by atoms with E-state index in [9.17, 15) is 13.6 Å². The van der Waals surface area contributed by atoms with Gasteiger partial charge in [0, 0.05) is 28.5 Å². The summed E-state index contributed by atoms with van der Waals surface area (Å²) in [7, 11) is 0. The van der Waals surface area contributed by atoms with E-state index in [4.69, 9.17) is 9.84 Å². The maximum atomic E-state index is 12.7. The zero-order chi connectivity index (χ0) is 23.1. The molecule has 3 nitrogen and oxygen atoms in total. The standard InChI is InChI=1S/C25H30F2O3S/c1-15(2)18-13-20(16(3)4)25(30-10-8-23(26)27)21(14-18)19-9-11-31-22(19)7-6-17(5)12-24(28)29/h6-7,9,11-16,23H,8,10H2,1-5H3,(H,28,29). The van der Waals surface area contributed by atoms with Gasteiger partial charge in [-0.05, 0) is 59.0 Å². The molecule has 0 aliphatic carbocycles. The van der Waals surface area contributed by atoms with Crippen molar-refractivity contribution in [3.05, 3.63) is 57.3 Å². The molecule has 0 bridgehead atoms. The smallest absolute Gasteiger partial charge is 0.328 e. The summed E-state index contributed by atoms with van der Waals surface area (Å²) in [5, 5.41) is 10.9. The average Bonchev–Trinajstić information content (AvgIpc) is 3.13. The van der Waals surface area contributed by atoms with Crippen molar-refractivity contribution >= 4 is 23.4 Å². The van der Waals surface area contributed by atoms with E-state index in [1.54, 1.807) is 13.0 Å². The number of aliphatic carboxylic acids is 1. The Morgan fingerprint density at radius 1 is 1.16 bits per heavy atom. The third-order valence-corrected chi connectivity index (χ3v) is 5.73. The fraction of sp³-hybridized carbons (Fsp3) is 0.400. The largest absolute Gasteiger partial charge is 0.492 e. The molecule has 2 rings (SSSR count). The van der Waals surface area contributed by atoms with Gasteiger partial charge in [-0.25, -0.2) is 13.6 Å². The van der Waals surface area contributed by atoms with Crippen molar-refractivity contribution in [2.24, 2.45) is 0 Å². The van der Waals surface area contributed by atoms with Crippen molar-refractivity contribution in [2.45, 2.75) is 59.3 Å². The lowest BCUT2D eigenvalue weighted by atomic mass is 9.89. The molecule has 0 saturated heterocycles. The lowest BCUT2D eigenvalue weighted by Gasteiger charge is -2.21. The molecule has 1 N–H and O–H groups in total. The monoisotopic (exact) mass is 448 g/mol. The van der Waals surface area contributed by atoms with Crippen LogP contribution in [0.1, 0.15) is 68.9 Å². The molecule has 0 spiro atoms. The van der Waals surface area contributed by atoms with Gasteiger partial charge in [0.2, 0.25) is 6.43 Å². The van der Waals surface area contributed by atoms with Crippen LogP contribution < -0.4 is 4.74 Å². The van der Waals surface area contributed by atoms with Crippen molar-refractivity contribution in [1.29, 1.82) is 0 Å². The van der Waals surface area contributed by atoms with Crippen LogP contribution in [0.4, 0.5) is 8.78 Å². The summed E-state index contributed by atoms with van der Waals surface area (Å²) in [6.45, 7) is 10.0. The van der Waals surface area contributed by atoms with Crippen molar-refractivity contribution in [1.82, 2.24) is 0 Å². The number of allylic oxidation sites excluding steroid dienone is 2. The summed E-state index contributed by atoms with van der Waals surface area (Å²) in [6.07, 6.45) is 2.06. The molecular formula is C25H30F2O3S. The second-order valence-corrected chi connectivity index (χ2v) is 9.03. The van der Waals surface area contributed by atoms with Gasteiger partial charge in [0.1, 0.15) is 5.75 Å². The first-order valence-electron chi connectivity index (χ1n) is 10.4. The molecule has 0 amide bonds. The Morgan fingerprint density at radius 2 is 1.87 bits per heavy atom. The second kappa shape index (κ2) is 11.2. The Bertz CT molecular complexity index is 956. The van der Waals surface area contributed by atoms with Gasteiger partial charge >= 0.3 is 5.97 Å². The van der Waals surface area contributed by atoms with E-state index in [1.165, 1.54) is 11.3 Å². The second-order valence-electron chi connectivity index (χ2n) is 8.08. The lowest BCUT2D eigenvalue weighted by molar-refractivity contribution is -0.131. The highest BCUT2D eigenvalue weighted by molar-refractivity contribution is 7.11. The Kier molecular flexibility index (Phi) is 8.99. The van der Waals surface area contributed by atoms with Crippen LogP contribution in [0.2, 0.25) is 0 Å². The molecule has 1 aromatic carbocycles. The van der Waals surface area contributed by atoms with Gasteiger partial charge in [-0.3, -0.25) is 0 Å². The van der Waals surface area contributed by atoms with Gasteiger partial charge in [-0.2, -0.15) is 0 Å². The number of carboxylic acid groups (broad SMARTS) is 1. The maximum Gasteiger partial charge on any atom is 0.328 e. The first-order valence-corrected chi connectivity index (χ1v) is 11.2. The zero-order valence-electron chi connectivity index (χ0n) is 18.6. The molecule has 1 aromatic heterocycles. The summed E-state index contributed by atoms with van der Waals surface area (Å²) in [5.74, 6) is 0.113. The van der Waals surface area contributed by atoms with Crippen LogP contribution in [-0.4, -0.2) is 24.1 Å². The fourth-order valence-corrected chi connectivity index (χ4v) is 3.97. The highest BCUT2D eigenvalue weighted by Gasteiger charge is 2.20. The number of thiophene rings is 1. The number of ether oxygens (including phenoxy) is 1. The van der Waals surface area contributed by atoms with Crippen LogP contribution in [0.15, 0.2) is 41.3 Å². The fourth-order valence-electron chi connectivity index (χ4n) is 3.17.